The highest BCUT2D eigenvalue weighted by Gasteiger charge is 2.27. The summed E-state index contributed by atoms with van der Waals surface area (Å²) in [6.45, 7) is 11.3. The van der Waals surface area contributed by atoms with E-state index in [0.29, 0.717) is 5.92 Å². The SMILES string of the molecule is CCCC(C(C)CCF)C(CC)C(C)CC. The highest BCUT2D eigenvalue weighted by atomic mass is 19.1. The maximum absolute atomic E-state index is 12.5. The van der Waals surface area contributed by atoms with Gasteiger partial charge in [-0.15, -0.1) is 0 Å². The van der Waals surface area contributed by atoms with E-state index in [9.17, 15) is 4.39 Å². The number of rotatable bonds is 9. The van der Waals surface area contributed by atoms with Crippen molar-refractivity contribution >= 4 is 0 Å². The molecule has 0 nitrogen and oxygen atoms in total. The Morgan fingerprint density at radius 2 is 1.44 bits per heavy atom. The number of halogens is 1. The van der Waals surface area contributed by atoms with Crippen LogP contribution in [0.25, 0.3) is 0 Å². The van der Waals surface area contributed by atoms with Gasteiger partial charge in [0.2, 0.25) is 0 Å². The maximum Gasteiger partial charge on any atom is 0.0897 e. The summed E-state index contributed by atoms with van der Waals surface area (Å²) in [5.41, 5.74) is 0. The van der Waals surface area contributed by atoms with E-state index in [1.807, 2.05) is 0 Å². The minimum Gasteiger partial charge on any atom is -0.251 e. The van der Waals surface area contributed by atoms with E-state index in [1.165, 1.54) is 25.7 Å². The molecule has 0 aliphatic carbocycles. The summed E-state index contributed by atoms with van der Waals surface area (Å²) in [5, 5.41) is 0. The first-order valence-electron chi connectivity index (χ1n) is 7.18. The molecule has 0 radical (unpaired) electrons. The fourth-order valence-corrected chi connectivity index (χ4v) is 3.07. The summed E-state index contributed by atoms with van der Waals surface area (Å²) in [6.07, 6.45) is 5.74. The Morgan fingerprint density at radius 3 is 1.81 bits per heavy atom. The maximum atomic E-state index is 12.5. The molecule has 0 N–H and O–H groups in total. The van der Waals surface area contributed by atoms with Gasteiger partial charge in [-0.3, -0.25) is 4.39 Å². The lowest BCUT2D eigenvalue weighted by Gasteiger charge is -2.34. The van der Waals surface area contributed by atoms with Gasteiger partial charge in [-0.1, -0.05) is 60.3 Å². The molecule has 1 heteroatoms. The Bertz CT molecular complexity index is 156. The molecule has 4 atom stereocenters. The molecule has 0 heterocycles. The Hall–Kier alpha value is -0.0700. The van der Waals surface area contributed by atoms with Gasteiger partial charge in [0.1, 0.15) is 0 Å². The number of hydrogen-bond donors (Lipinski definition) is 0. The van der Waals surface area contributed by atoms with Crippen molar-refractivity contribution in [1.29, 1.82) is 0 Å². The predicted octanol–water partition coefficient (Wildman–Crippen LogP) is 5.47. The molecule has 98 valence electrons. The highest BCUT2D eigenvalue weighted by molar-refractivity contribution is 4.77. The second kappa shape index (κ2) is 9.01. The van der Waals surface area contributed by atoms with E-state index in [2.05, 4.69) is 34.6 Å². The van der Waals surface area contributed by atoms with Crippen molar-refractivity contribution in [1.82, 2.24) is 0 Å². The molecule has 0 rings (SSSR count). The van der Waals surface area contributed by atoms with Gasteiger partial charge in [-0.05, 0) is 30.1 Å². The summed E-state index contributed by atoms with van der Waals surface area (Å²) in [7, 11) is 0. The Labute approximate surface area is 102 Å². The molecule has 0 aromatic carbocycles. The normalized spacial score (nSPS) is 19.1. The van der Waals surface area contributed by atoms with Crippen LogP contribution in [0.15, 0.2) is 0 Å². The third kappa shape index (κ3) is 4.84. The molecular weight excluding hydrogens is 199 g/mol. The first-order valence-corrected chi connectivity index (χ1v) is 7.18. The average Bonchev–Trinajstić information content (AvgIpc) is 2.28. The summed E-state index contributed by atoms with van der Waals surface area (Å²) in [5.74, 6) is 2.83. The van der Waals surface area contributed by atoms with E-state index in [1.54, 1.807) is 0 Å². The van der Waals surface area contributed by atoms with Crippen molar-refractivity contribution in [2.75, 3.05) is 6.67 Å². The van der Waals surface area contributed by atoms with Crippen molar-refractivity contribution in [3.63, 3.8) is 0 Å². The molecule has 0 spiro atoms. The van der Waals surface area contributed by atoms with Crippen LogP contribution in [0.3, 0.4) is 0 Å². The Kier molecular flexibility index (Phi) is 8.97. The quantitative estimate of drug-likeness (QED) is 0.492. The van der Waals surface area contributed by atoms with Gasteiger partial charge in [0.05, 0.1) is 6.67 Å². The lowest BCUT2D eigenvalue weighted by atomic mass is 9.71. The monoisotopic (exact) mass is 230 g/mol. The Morgan fingerprint density at radius 1 is 0.812 bits per heavy atom. The first kappa shape index (κ1) is 15.9. The van der Waals surface area contributed by atoms with Crippen molar-refractivity contribution in [3.05, 3.63) is 0 Å². The Balaban J connectivity index is 4.56. The predicted molar refractivity (Wildman–Crippen MR) is 71.4 cm³/mol. The lowest BCUT2D eigenvalue weighted by Crippen LogP contribution is -2.27. The first-order chi connectivity index (χ1) is 7.62. The van der Waals surface area contributed by atoms with Gasteiger partial charge < -0.3 is 0 Å². The highest BCUT2D eigenvalue weighted by Crippen LogP contribution is 2.36. The summed E-state index contributed by atoms with van der Waals surface area (Å²) in [4.78, 5) is 0. The van der Waals surface area contributed by atoms with E-state index in [-0.39, 0.29) is 6.67 Å². The van der Waals surface area contributed by atoms with E-state index < -0.39 is 0 Å². The van der Waals surface area contributed by atoms with E-state index in [0.717, 1.165) is 24.2 Å². The van der Waals surface area contributed by atoms with Gasteiger partial charge >= 0.3 is 0 Å². The van der Waals surface area contributed by atoms with Crippen molar-refractivity contribution in [2.24, 2.45) is 23.7 Å². The van der Waals surface area contributed by atoms with Gasteiger partial charge in [0, 0.05) is 0 Å². The van der Waals surface area contributed by atoms with Gasteiger partial charge in [-0.25, -0.2) is 0 Å². The van der Waals surface area contributed by atoms with Crippen LogP contribution in [0.4, 0.5) is 4.39 Å². The zero-order valence-corrected chi connectivity index (χ0v) is 11.9. The molecule has 0 amide bonds. The minimum atomic E-state index is -0.154. The summed E-state index contributed by atoms with van der Waals surface area (Å²) < 4.78 is 12.5. The second-order valence-corrected chi connectivity index (χ2v) is 5.37. The van der Waals surface area contributed by atoms with Gasteiger partial charge in [0.25, 0.3) is 0 Å². The van der Waals surface area contributed by atoms with Crippen LogP contribution >= 0.6 is 0 Å². The molecule has 0 bridgehead atoms. The third-order valence-corrected chi connectivity index (χ3v) is 4.31. The molecule has 0 saturated carbocycles. The van der Waals surface area contributed by atoms with Crippen LogP contribution < -0.4 is 0 Å². The summed E-state index contributed by atoms with van der Waals surface area (Å²) >= 11 is 0. The fraction of sp³-hybridized carbons (Fsp3) is 1.00. The molecule has 4 unspecified atom stereocenters. The van der Waals surface area contributed by atoms with Crippen LogP contribution in [0.2, 0.25) is 0 Å². The van der Waals surface area contributed by atoms with Crippen LogP contribution in [0.5, 0.6) is 0 Å². The largest absolute Gasteiger partial charge is 0.251 e. The molecule has 0 fully saturated rings. The zero-order valence-electron chi connectivity index (χ0n) is 11.9. The zero-order chi connectivity index (χ0) is 12.6. The molecule has 0 aliphatic heterocycles. The van der Waals surface area contributed by atoms with Crippen molar-refractivity contribution in [3.8, 4) is 0 Å². The molecule has 0 aromatic rings. The third-order valence-electron chi connectivity index (χ3n) is 4.31. The van der Waals surface area contributed by atoms with Gasteiger partial charge in [0.15, 0.2) is 0 Å². The molecular formula is C15H31F. The molecule has 16 heavy (non-hydrogen) atoms. The topological polar surface area (TPSA) is 0 Å². The van der Waals surface area contributed by atoms with Crippen molar-refractivity contribution in [2.45, 2.75) is 66.7 Å². The summed E-state index contributed by atoms with van der Waals surface area (Å²) in [6, 6.07) is 0. The minimum absolute atomic E-state index is 0.154. The van der Waals surface area contributed by atoms with E-state index >= 15 is 0 Å². The molecule has 0 aliphatic rings. The van der Waals surface area contributed by atoms with Crippen LogP contribution in [-0.2, 0) is 0 Å². The van der Waals surface area contributed by atoms with Crippen LogP contribution in [0, 0.1) is 23.7 Å². The second-order valence-electron chi connectivity index (χ2n) is 5.37. The van der Waals surface area contributed by atoms with E-state index in [4.69, 9.17) is 0 Å². The van der Waals surface area contributed by atoms with Crippen LogP contribution in [-0.4, -0.2) is 6.67 Å². The van der Waals surface area contributed by atoms with Crippen LogP contribution in [0.1, 0.15) is 66.7 Å². The smallest absolute Gasteiger partial charge is 0.0897 e. The molecule has 0 saturated heterocycles. The number of hydrogen-bond acceptors (Lipinski definition) is 0. The number of alkyl halides is 1. The fourth-order valence-electron chi connectivity index (χ4n) is 3.07. The lowest BCUT2D eigenvalue weighted by molar-refractivity contribution is 0.145. The molecule has 0 aromatic heterocycles. The average molecular weight is 230 g/mol. The van der Waals surface area contributed by atoms with Crippen molar-refractivity contribution < 1.29 is 4.39 Å². The van der Waals surface area contributed by atoms with Gasteiger partial charge in [-0.2, -0.15) is 0 Å². The standard InChI is InChI=1S/C15H31F/c1-6-9-15(13(5)10-11-16)14(8-3)12(4)7-2/h12-15H,6-11H2,1-5H3.